The predicted octanol–water partition coefficient (Wildman–Crippen LogP) is 4.87. The Morgan fingerprint density at radius 2 is 1.54 bits per heavy atom. The Bertz CT molecular complexity index is 905. The molecule has 1 amide bonds. The average Bonchev–Trinajstić information content (AvgIpc) is 2.70. The van der Waals surface area contributed by atoms with E-state index in [0.717, 1.165) is 11.4 Å². The molecule has 0 saturated heterocycles. The largest absolute Gasteiger partial charge is 0.497 e. The fourth-order valence-electron chi connectivity index (χ4n) is 2.52. The van der Waals surface area contributed by atoms with Crippen LogP contribution in [0, 0.1) is 0 Å². The van der Waals surface area contributed by atoms with Gasteiger partial charge in [0.2, 0.25) is 0 Å². The highest BCUT2D eigenvalue weighted by Crippen LogP contribution is 2.21. The number of rotatable bonds is 7. The molecule has 0 bridgehead atoms. The van der Waals surface area contributed by atoms with Gasteiger partial charge in [0.25, 0.3) is 5.91 Å². The number of carbonyl (C=O) groups excluding carboxylic acids is 1. The minimum Gasteiger partial charge on any atom is -0.497 e. The van der Waals surface area contributed by atoms with Gasteiger partial charge in [-0.05, 0) is 74.5 Å². The third-order valence-corrected chi connectivity index (χ3v) is 3.87. The quantitative estimate of drug-likeness (QED) is 0.614. The highest BCUT2D eigenvalue weighted by molar-refractivity contribution is 6.04. The van der Waals surface area contributed by atoms with Crippen molar-refractivity contribution in [3.05, 3.63) is 72.4 Å². The maximum atomic E-state index is 12.3. The summed E-state index contributed by atoms with van der Waals surface area (Å²) in [5.41, 5.74) is 2.07. The lowest BCUT2D eigenvalue weighted by Crippen LogP contribution is -2.12. The number of anilines is 3. The van der Waals surface area contributed by atoms with E-state index in [9.17, 15) is 4.79 Å². The first-order valence-corrected chi connectivity index (χ1v) is 8.98. The smallest absolute Gasteiger partial charge is 0.255 e. The highest BCUT2D eigenvalue weighted by Gasteiger charge is 2.07. The second kappa shape index (κ2) is 8.90. The second-order valence-corrected chi connectivity index (χ2v) is 6.43. The summed E-state index contributed by atoms with van der Waals surface area (Å²) >= 11 is 0. The van der Waals surface area contributed by atoms with Crippen LogP contribution in [0.2, 0.25) is 0 Å². The lowest BCUT2D eigenvalue weighted by molar-refractivity contribution is 0.102. The summed E-state index contributed by atoms with van der Waals surface area (Å²) in [7, 11) is 1.59. The standard InChI is InChI=1S/C22H23N3O3/c1-15(2)28-20-11-6-17(7-12-20)24-21-13-8-18(14-23-21)25-22(26)16-4-9-19(27-3)10-5-16/h4-15H,1-3H3,(H,23,24)(H,25,26). The zero-order chi connectivity index (χ0) is 19.9. The van der Waals surface area contributed by atoms with E-state index in [0.29, 0.717) is 22.8 Å². The third-order valence-electron chi connectivity index (χ3n) is 3.87. The number of nitrogens with zero attached hydrogens (tertiary/aromatic N) is 1. The summed E-state index contributed by atoms with van der Waals surface area (Å²) in [5.74, 6) is 2.01. The van der Waals surface area contributed by atoms with Crippen LogP contribution in [0.15, 0.2) is 66.9 Å². The van der Waals surface area contributed by atoms with Crippen molar-refractivity contribution in [2.45, 2.75) is 20.0 Å². The molecule has 0 atom stereocenters. The number of amides is 1. The molecule has 3 rings (SSSR count). The van der Waals surface area contributed by atoms with Crippen LogP contribution in [0.1, 0.15) is 24.2 Å². The van der Waals surface area contributed by atoms with E-state index < -0.39 is 0 Å². The second-order valence-electron chi connectivity index (χ2n) is 6.43. The van der Waals surface area contributed by atoms with Crippen LogP contribution in [0.4, 0.5) is 17.2 Å². The molecule has 0 radical (unpaired) electrons. The van der Waals surface area contributed by atoms with Gasteiger partial charge < -0.3 is 20.1 Å². The van der Waals surface area contributed by atoms with Crippen LogP contribution in [0.25, 0.3) is 0 Å². The van der Waals surface area contributed by atoms with E-state index in [1.807, 2.05) is 44.2 Å². The van der Waals surface area contributed by atoms with E-state index in [1.165, 1.54) is 0 Å². The summed E-state index contributed by atoms with van der Waals surface area (Å²) in [6.07, 6.45) is 1.75. The zero-order valence-corrected chi connectivity index (χ0v) is 16.1. The summed E-state index contributed by atoms with van der Waals surface area (Å²) in [4.78, 5) is 16.6. The molecule has 0 saturated carbocycles. The molecule has 1 aromatic heterocycles. The van der Waals surface area contributed by atoms with E-state index in [1.54, 1.807) is 43.6 Å². The first-order chi connectivity index (χ1) is 13.5. The molecule has 2 aromatic carbocycles. The van der Waals surface area contributed by atoms with Gasteiger partial charge in [-0.15, -0.1) is 0 Å². The Kier molecular flexibility index (Phi) is 6.11. The molecule has 6 nitrogen and oxygen atoms in total. The lowest BCUT2D eigenvalue weighted by Gasteiger charge is -2.11. The number of hydrogen-bond donors (Lipinski definition) is 2. The Labute approximate surface area is 164 Å². The van der Waals surface area contributed by atoms with Gasteiger partial charge in [-0.3, -0.25) is 4.79 Å². The van der Waals surface area contributed by atoms with Crippen LogP contribution in [-0.2, 0) is 0 Å². The van der Waals surface area contributed by atoms with Crippen molar-refractivity contribution in [2.75, 3.05) is 17.7 Å². The van der Waals surface area contributed by atoms with Gasteiger partial charge in [0.1, 0.15) is 17.3 Å². The summed E-state index contributed by atoms with van der Waals surface area (Å²) < 4.78 is 10.7. The fraction of sp³-hybridized carbons (Fsp3) is 0.182. The number of carbonyl (C=O) groups is 1. The number of hydrogen-bond acceptors (Lipinski definition) is 5. The van der Waals surface area contributed by atoms with Crippen LogP contribution in [-0.4, -0.2) is 24.1 Å². The molecule has 0 aliphatic carbocycles. The first kappa shape index (κ1) is 19.2. The van der Waals surface area contributed by atoms with Crippen LogP contribution < -0.4 is 20.1 Å². The number of pyridine rings is 1. The van der Waals surface area contributed by atoms with Gasteiger partial charge in [0.15, 0.2) is 0 Å². The monoisotopic (exact) mass is 377 g/mol. The minimum atomic E-state index is -0.203. The van der Waals surface area contributed by atoms with Crippen LogP contribution in [0.5, 0.6) is 11.5 Å². The van der Waals surface area contributed by atoms with Crippen LogP contribution >= 0.6 is 0 Å². The molecular weight excluding hydrogens is 354 g/mol. The normalized spacial score (nSPS) is 10.4. The molecule has 6 heteroatoms. The van der Waals surface area contributed by atoms with Crippen molar-refractivity contribution in [3.8, 4) is 11.5 Å². The molecule has 0 fully saturated rings. The summed E-state index contributed by atoms with van der Waals surface area (Å²) in [5, 5.41) is 6.04. The third kappa shape index (κ3) is 5.23. The molecule has 144 valence electrons. The molecule has 3 aromatic rings. The van der Waals surface area contributed by atoms with E-state index >= 15 is 0 Å². The summed E-state index contributed by atoms with van der Waals surface area (Å²) in [6.45, 7) is 3.98. The maximum Gasteiger partial charge on any atom is 0.255 e. The SMILES string of the molecule is COc1ccc(C(=O)Nc2ccc(Nc3ccc(OC(C)C)cc3)nc2)cc1. The van der Waals surface area contributed by atoms with Crippen LogP contribution in [0.3, 0.4) is 0 Å². The molecular formula is C22H23N3O3. The molecule has 1 heterocycles. The van der Waals surface area contributed by atoms with E-state index in [2.05, 4.69) is 15.6 Å². The van der Waals surface area contributed by atoms with Gasteiger partial charge in [-0.2, -0.15) is 0 Å². The van der Waals surface area contributed by atoms with Gasteiger partial charge >= 0.3 is 0 Å². The van der Waals surface area contributed by atoms with E-state index in [-0.39, 0.29) is 12.0 Å². The molecule has 0 unspecified atom stereocenters. The molecule has 0 spiro atoms. The predicted molar refractivity (Wildman–Crippen MR) is 111 cm³/mol. The minimum absolute atomic E-state index is 0.140. The van der Waals surface area contributed by atoms with Gasteiger partial charge in [-0.25, -0.2) is 4.98 Å². The lowest BCUT2D eigenvalue weighted by atomic mass is 10.2. The van der Waals surface area contributed by atoms with Crippen molar-refractivity contribution in [1.29, 1.82) is 0 Å². The van der Waals surface area contributed by atoms with Crippen molar-refractivity contribution in [3.63, 3.8) is 0 Å². The first-order valence-electron chi connectivity index (χ1n) is 8.98. The topological polar surface area (TPSA) is 72.5 Å². The van der Waals surface area contributed by atoms with E-state index in [4.69, 9.17) is 9.47 Å². The number of aromatic nitrogens is 1. The molecule has 2 N–H and O–H groups in total. The fourth-order valence-corrected chi connectivity index (χ4v) is 2.52. The van der Waals surface area contributed by atoms with Crippen molar-refractivity contribution in [1.82, 2.24) is 4.98 Å². The molecule has 0 aliphatic heterocycles. The summed E-state index contributed by atoms with van der Waals surface area (Å²) in [6, 6.07) is 18.2. The highest BCUT2D eigenvalue weighted by atomic mass is 16.5. The van der Waals surface area contributed by atoms with Crippen molar-refractivity contribution in [2.24, 2.45) is 0 Å². The Morgan fingerprint density at radius 3 is 2.11 bits per heavy atom. The Hall–Kier alpha value is -3.54. The van der Waals surface area contributed by atoms with Crippen molar-refractivity contribution >= 4 is 23.1 Å². The van der Waals surface area contributed by atoms with Gasteiger partial charge in [0.05, 0.1) is 25.1 Å². The number of benzene rings is 2. The Morgan fingerprint density at radius 1 is 0.893 bits per heavy atom. The van der Waals surface area contributed by atoms with Gasteiger partial charge in [0, 0.05) is 11.3 Å². The molecule has 28 heavy (non-hydrogen) atoms. The maximum absolute atomic E-state index is 12.3. The Balaban J connectivity index is 1.59. The number of ether oxygens (including phenoxy) is 2. The molecule has 0 aliphatic rings. The number of methoxy groups -OCH3 is 1. The number of nitrogens with one attached hydrogen (secondary N) is 2. The zero-order valence-electron chi connectivity index (χ0n) is 16.1. The van der Waals surface area contributed by atoms with Crippen molar-refractivity contribution < 1.29 is 14.3 Å². The average molecular weight is 377 g/mol. The van der Waals surface area contributed by atoms with Gasteiger partial charge in [-0.1, -0.05) is 0 Å².